The number of carbonyl (C=O) groups is 1. The number of halogens is 3. The molecule has 0 bridgehead atoms. The number of hydrogen-bond acceptors (Lipinski definition) is 6. The lowest BCUT2D eigenvalue weighted by Gasteiger charge is -2.36. The average molecular weight is 422 g/mol. The van der Waals surface area contributed by atoms with Gasteiger partial charge >= 0.3 is 0 Å². The Morgan fingerprint density at radius 2 is 2.13 bits per heavy atom. The molecule has 10 heteroatoms. The minimum absolute atomic E-state index is 0.128. The fourth-order valence-electron chi connectivity index (χ4n) is 3.72. The van der Waals surface area contributed by atoms with Crippen LogP contribution in [0.4, 0.5) is 18.9 Å². The molecule has 1 atom stereocenters. The third-order valence-electron chi connectivity index (χ3n) is 5.41. The van der Waals surface area contributed by atoms with E-state index in [9.17, 15) is 9.18 Å². The van der Waals surface area contributed by atoms with E-state index < -0.39 is 29.8 Å². The third-order valence-corrected chi connectivity index (χ3v) is 5.41. The second kappa shape index (κ2) is 7.42. The van der Waals surface area contributed by atoms with E-state index in [2.05, 4.69) is 15.3 Å². The zero-order chi connectivity index (χ0) is 21.5. The molecule has 0 saturated heterocycles. The molecule has 1 saturated carbocycles. The number of benzene rings is 1. The van der Waals surface area contributed by atoms with E-state index >= 15 is 8.78 Å². The van der Waals surface area contributed by atoms with Gasteiger partial charge in [0, 0.05) is 17.2 Å². The monoisotopic (exact) mass is 422 g/mol. The largest absolute Gasteiger partial charge is 0.447 e. The zero-order valence-electron chi connectivity index (χ0n) is 16.3. The topological polar surface area (TPSA) is 103 Å². The number of hydrogen-bond donors (Lipinski definition) is 2. The first-order valence-electron chi connectivity index (χ1n) is 9.62. The van der Waals surface area contributed by atoms with Crippen LogP contribution in [0, 0.1) is 5.82 Å². The number of aliphatic imine (C=N–C) groups is 1. The van der Waals surface area contributed by atoms with Crippen molar-refractivity contribution in [1.29, 1.82) is 0 Å². The summed E-state index contributed by atoms with van der Waals surface area (Å²) >= 11 is 0. The summed E-state index contributed by atoms with van der Waals surface area (Å²) in [5.41, 5.74) is 3.34. The van der Waals surface area contributed by atoms with Crippen LogP contribution in [0.15, 0.2) is 34.0 Å². The lowest BCUT2D eigenvalue weighted by Crippen LogP contribution is -2.47. The first-order chi connectivity index (χ1) is 14.3. The first-order valence-corrected chi connectivity index (χ1v) is 9.62. The first kappa shape index (κ1) is 20.4. The molecule has 2 heterocycles. The summed E-state index contributed by atoms with van der Waals surface area (Å²) in [5, 5.41) is 2.59. The van der Waals surface area contributed by atoms with Crippen molar-refractivity contribution in [2.75, 3.05) is 18.5 Å². The summed E-state index contributed by atoms with van der Waals surface area (Å²) in [6, 6.07) is 3.46. The molecule has 30 heavy (non-hydrogen) atoms. The van der Waals surface area contributed by atoms with Crippen LogP contribution >= 0.6 is 0 Å². The number of anilines is 1. The predicted molar refractivity (Wildman–Crippen MR) is 102 cm³/mol. The quantitative estimate of drug-likeness (QED) is 0.767. The summed E-state index contributed by atoms with van der Waals surface area (Å²) in [4.78, 5) is 20.6. The molecule has 0 radical (unpaired) electrons. The molecular formula is C20H21F3N4O3. The summed E-state index contributed by atoms with van der Waals surface area (Å²) in [6.07, 6.45) is 2.78. The van der Waals surface area contributed by atoms with E-state index in [0.29, 0.717) is 5.76 Å². The average Bonchev–Trinajstić information content (AvgIpc) is 3.44. The second-order valence-corrected chi connectivity index (χ2v) is 7.50. The Morgan fingerprint density at radius 1 is 1.37 bits per heavy atom. The molecule has 7 nitrogen and oxygen atoms in total. The Hall–Kier alpha value is -2.88. The van der Waals surface area contributed by atoms with Gasteiger partial charge in [0.2, 0.25) is 0 Å². The van der Waals surface area contributed by atoms with Crippen molar-refractivity contribution in [1.82, 2.24) is 4.98 Å². The van der Waals surface area contributed by atoms with Gasteiger partial charge in [-0.3, -0.25) is 9.79 Å². The van der Waals surface area contributed by atoms with Crippen LogP contribution in [0.3, 0.4) is 0 Å². The normalized spacial score (nSPS) is 23.5. The Balaban J connectivity index is 1.71. The van der Waals surface area contributed by atoms with E-state index in [1.807, 2.05) is 0 Å². The predicted octanol–water partition coefficient (Wildman–Crippen LogP) is 3.57. The van der Waals surface area contributed by atoms with Crippen molar-refractivity contribution >= 4 is 17.4 Å². The van der Waals surface area contributed by atoms with E-state index in [4.69, 9.17) is 14.9 Å². The lowest BCUT2D eigenvalue weighted by atomic mass is 9.81. The Kier molecular flexibility index (Phi) is 5.05. The highest BCUT2D eigenvalue weighted by Crippen LogP contribution is 2.47. The molecule has 1 amide bonds. The van der Waals surface area contributed by atoms with Gasteiger partial charge in [-0.15, -0.1) is 0 Å². The number of nitrogens with one attached hydrogen (secondary N) is 1. The van der Waals surface area contributed by atoms with Gasteiger partial charge in [0.15, 0.2) is 17.6 Å². The summed E-state index contributed by atoms with van der Waals surface area (Å²) < 4.78 is 55.0. The van der Waals surface area contributed by atoms with Gasteiger partial charge < -0.3 is 20.2 Å². The van der Waals surface area contributed by atoms with Crippen molar-refractivity contribution in [3.8, 4) is 0 Å². The standard InChI is InChI=1S/C20H21F3N4O3/c1-2-19(20(22,23)9-29-8-15(24)27-19)13-7-12(5-6-14(13)21)26-18(28)16-17(11-3-4-11)30-10-25-16/h5-7,10-11H,2-4,8-9H2,1H3,(H2,24,27)(H,26,28). The van der Waals surface area contributed by atoms with Gasteiger partial charge in [-0.25, -0.2) is 18.2 Å². The number of nitrogens with zero attached hydrogens (tertiary/aromatic N) is 2. The highest BCUT2D eigenvalue weighted by molar-refractivity contribution is 6.03. The molecule has 2 aliphatic rings. The molecule has 3 N–H and O–H groups in total. The number of carbonyl (C=O) groups excluding carboxylic acids is 1. The Labute approximate surface area is 170 Å². The molecule has 1 fully saturated rings. The van der Waals surface area contributed by atoms with E-state index in [-0.39, 0.29) is 41.7 Å². The van der Waals surface area contributed by atoms with Crippen molar-refractivity contribution in [3.05, 3.63) is 47.4 Å². The van der Waals surface area contributed by atoms with Gasteiger partial charge in [0.05, 0.1) is 0 Å². The van der Waals surface area contributed by atoms with Gasteiger partial charge in [0.25, 0.3) is 11.8 Å². The number of amides is 1. The molecule has 0 spiro atoms. The Bertz CT molecular complexity index is 1000. The van der Waals surface area contributed by atoms with Crippen LogP contribution in [0.2, 0.25) is 0 Å². The van der Waals surface area contributed by atoms with Gasteiger partial charge in [0.1, 0.15) is 30.6 Å². The number of aromatic nitrogens is 1. The van der Waals surface area contributed by atoms with E-state index in [1.165, 1.54) is 19.4 Å². The maximum absolute atomic E-state index is 15.0. The molecule has 1 aliphatic heterocycles. The van der Waals surface area contributed by atoms with Crippen LogP contribution < -0.4 is 11.1 Å². The van der Waals surface area contributed by atoms with Crippen LogP contribution in [-0.4, -0.2) is 35.9 Å². The van der Waals surface area contributed by atoms with Crippen LogP contribution in [0.1, 0.15) is 53.9 Å². The highest BCUT2D eigenvalue weighted by Gasteiger charge is 2.56. The van der Waals surface area contributed by atoms with Gasteiger partial charge in [-0.2, -0.15) is 0 Å². The van der Waals surface area contributed by atoms with Crippen LogP contribution in [0.25, 0.3) is 0 Å². The molecule has 160 valence electrons. The molecule has 2 aromatic rings. The number of nitrogens with two attached hydrogens (primary N) is 1. The number of rotatable bonds is 5. The third kappa shape index (κ3) is 3.45. The van der Waals surface area contributed by atoms with Gasteiger partial charge in [-0.05, 0) is 37.5 Å². The Morgan fingerprint density at radius 3 is 2.83 bits per heavy atom. The highest BCUT2D eigenvalue weighted by atomic mass is 19.3. The minimum Gasteiger partial charge on any atom is -0.447 e. The van der Waals surface area contributed by atoms with E-state index in [0.717, 1.165) is 25.0 Å². The number of oxazole rings is 1. The molecular weight excluding hydrogens is 401 g/mol. The number of ether oxygens (including phenoxy) is 1. The van der Waals surface area contributed by atoms with Crippen molar-refractivity contribution in [3.63, 3.8) is 0 Å². The van der Waals surface area contributed by atoms with Crippen molar-refractivity contribution < 1.29 is 27.1 Å². The van der Waals surface area contributed by atoms with Crippen LogP contribution in [0.5, 0.6) is 0 Å². The lowest BCUT2D eigenvalue weighted by molar-refractivity contribution is -0.123. The molecule has 1 aromatic heterocycles. The second-order valence-electron chi connectivity index (χ2n) is 7.50. The maximum Gasteiger partial charge on any atom is 0.299 e. The molecule has 1 unspecified atom stereocenters. The zero-order valence-corrected chi connectivity index (χ0v) is 16.3. The number of amidine groups is 1. The molecule has 1 aromatic carbocycles. The van der Waals surface area contributed by atoms with Crippen molar-refractivity contribution in [2.45, 2.75) is 43.6 Å². The van der Waals surface area contributed by atoms with Crippen LogP contribution in [-0.2, 0) is 10.3 Å². The smallest absolute Gasteiger partial charge is 0.299 e. The van der Waals surface area contributed by atoms with E-state index in [1.54, 1.807) is 0 Å². The van der Waals surface area contributed by atoms with Gasteiger partial charge in [-0.1, -0.05) is 6.92 Å². The number of alkyl halides is 2. The summed E-state index contributed by atoms with van der Waals surface area (Å²) in [6.45, 7) is 0.244. The fourth-order valence-corrected chi connectivity index (χ4v) is 3.72. The maximum atomic E-state index is 15.0. The fraction of sp³-hybridized carbons (Fsp3) is 0.450. The summed E-state index contributed by atoms with van der Waals surface area (Å²) in [7, 11) is 0. The SMILES string of the molecule is CCC1(c2cc(NC(=O)c3ncoc3C3CC3)ccc2F)N=C(N)COCC1(F)F. The van der Waals surface area contributed by atoms with Crippen molar-refractivity contribution in [2.24, 2.45) is 10.7 Å². The minimum atomic E-state index is -3.52. The molecule has 4 rings (SSSR count). The summed E-state index contributed by atoms with van der Waals surface area (Å²) in [5.74, 6) is -4.47. The molecule has 1 aliphatic carbocycles.